The average Bonchev–Trinajstić information content (AvgIpc) is 3.01. The zero-order valence-electron chi connectivity index (χ0n) is 29.7. The molecule has 0 aromatic carbocycles. The third-order valence-corrected chi connectivity index (χ3v) is 7.94. The molecule has 0 saturated carbocycles. The largest absolute Gasteiger partial charge is 0.465 e. The summed E-state index contributed by atoms with van der Waals surface area (Å²) in [4.78, 5) is 50.5. The van der Waals surface area contributed by atoms with Crippen LogP contribution in [-0.4, -0.2) is 50.3 Å². The van der Waals surface area contributed by atoms with Crippen molar-refractivity contribution in [2.45, 2.75) is 176 Å². The maximum atomic E-state index is 12.7. The van der Waals surface area contributed by atoms with Crippen molar-refractivity contribution < 1.29 is 38.1 Å². The fourth-order valence-corrected chi connectivity index (χ4v) is 4.94. The second-order valence-electron chi connectivity index (χ2n) is 13.3. The molecule has 8 nitrogen and oxygen atoms in total. The normalized spacial score (nSPS) is 12.5. The van der Waals surface area contributed by atoms with Crippen molar-refractivity contribution in [1.29, 1.82) is 0 Å². The van der Waals surface area contributed by atoms with Crippen molar-refractivity contribution in [3.8, 4) is 0 Å². The minimum absolute atomic E-state index is 0.104. The van der Waals surface area contributed by atoms with Gasteiger partial charge in [-0.15, -0.1) is 0 Å². The first-order valence-corrected chi connectivity index (χ1v) is 18.3. The fraction of sp³-hybridized carbons (Fsp3) is 0.892. The highest BCUT2D eigenvalue weighted by Crippen LogP contribution is 2.24. The van der Waals surface area contributed by atoms with E-state index in [9.17, 15) is 19.2 Å². The molecule has 0 spiro atoms. The summed E-state index contributed by atoms with van der Waals surface area (Å²) in [5, 5.41) is 0. The van der Waals surface area contributed by atoms with Gasteiger partial charge in [-0.2, -0.15) is 0 Å². The second-order valence-corrected chi connectivity index (χ2v) is 13.3. The monoisotopic (exact) mass is 640 g/mol. The van der Waals surface area contributed by atoms with E-state index in [1.165, 1.54) is 38.5 Å². The van der Waals surface area contributed by atoms with Gasteiger partial charge in [0.15, 0.2) is 0 Å². The van der Waals surface area contributed by atoms with Crippen LogP contribution in [0.25, 0.3) is 0 Å². The van der Waals surface area contributed by atoms with Crippen LogP contribution in [0.5, 0.6) is 0 Å². The van der Waals surface area contributed by atoms with E-state index in [4.69, 9.17) is 18.9 Å². The first-order valence-electron chi connectivity index (χ1n) is 18.3. The summed E-state index contributed by atoms with van der Waals surface area (Å²) < 4.78 is 22.6. The van der Waals surface area contributed by atoms with Gasteiger partial charge in [-0.05, 0) is 25.2 Å². The lowest BCUT2D eigenvalue weighted by Crippen LogP contribution is -2.44. The third-order valence-electron chi connectivity index (χ3n) is 7.94. The van der Waals surface area contributed by atoms with E-state index in [1.54, 1.807) is 0 Å². The summed E-state index contributed by atoms with van der Waals surface area (Å²) in [5.74, 6) is -1.39. The van der Waals surface area contributed by atoms with Gasteiger partial charge in [0, 0.05) is 25.7 Å². The zero-order valence-corrected chi connectivity index (χ0v) is 29.7. The average molecular weight is 641 g/mol. The van der Waals surface area contributed by atoms with Gasteiger partial charge in [0.1, 0.15) is 31.8 Å². The summed E-state index contributed by atoms with van der Waals surface area (Å²) in [6, 6.07) is 0. The lowest BCUT2D eigenvalue weighted by atomic mass is 9.92. The Morgan fingerprint density at radius 1 is 0.422 bits per heavy atom. The number of ether oxygens (including phenoxy) is 4. The number of hydrogen-bond acceptors (Lipinski definition) is 8. The van der Waals surface area contributed by atoms with Gasteiger partial charge >= 0.3 is 23.9 Å². The predicted molar refractivity (Wildman–Crippen MR) is 180 cm³/mol. The number of hydrogen-bond donors (Lipinski definition) is 0. The highest BCUT2D eigenvalue weighted by molar-refractivity contribution is 5.71. The Morgan fingerprint density at radius 3 is 1.00 bits per heavy atom. The molecule has 0 aromatic rings. The molecule has 0 aliphatic carbocycles. The molecule has 0 fully saturated rings. The smallest absolute Gasteiger partial charge is 0.306 e. The van der Waals surface area contributed by atoms with Crippen LogP contribution in [0.4, 0.5) is 0 Å². The molecule has 1 atom stereocenters. The Balaban J connectivity index is 5.30. The third kappa shape index (κ3) is 26.8. The highest BCUT2D eigenvalue weighted by atomic mass is 16.6. The van der Waals surface area contributed by atoms with Gasteiger partial charge in [0.2, 0.25) is 0 Å². The van der Waals surface area contributed by atoms with Gasteiger partial charge in [0.05, 0.1) is 0 Å². The fourth-order valence-electron chi connectivity index (χ4n) is 4.94. The molecule has 0 aliphatic rings. The van der Waals surface area contributed by atoms with Crippen LogP contribution in [0.2, 0.25) is 0 Å². The number of unbranched alkanes of at least 4 members (excludes halogenated alkanes) is 15. The molecule has 0 amide bonds. The standard InChI is InChI=1S/C37H68O8/c1-6-9-12-15-16-17-18-20-23-26-35(40)44-30-37(31-45-36(41)27-32(4)5,28-42-33(38)24-21-14-11-8-3)29-43-34(39)25-22-19-13-10-7-2/h32H,6-31H2,1-5H3. The molecule has 45 heavy (non-hydrogen) atoms. The molecule has 0 bridgehead atoms. The summed E-state index contributed by atoms with van der Waals surface area (Å²) in [6.07, 6.45) is 20.2. The molecule has 0 saturated heterocycles. The van der Waals surface area contributed by atoms with Gasteiger partial charge < -0.3 is 18.9 Å². The zero-order chi connectivity index (χ0) is 33.6. The SMILES string of the molecule is CCCCCCCCCCCC(=O)OCC(COC(=O)CCCCCC)(COC(=O)CCCCCCC)COC(=O)CC(C)C. The van der Waals surface area contributed by atoms with Gasteiger partial charge in [-0.1, -0.05) is 131 Å². The Labute approximate surface area is 275 Å². The molecule has 1 unspecified atom stereocenters. The summed E-state index contributed by atoms with van der Waals surface area (Å²) in [5.41, 5.74) is -1.18. The molecule has 0 rings (SSSR count). The summed E-state index contributed by atoms with van der Waals surface area (Å²) in [7, 11) is 0. The van der Waals surface area contributed by atoms with Gasteiger partial charge in [-0.25, -0.2) is 0 Å². The van der Waals surface area contributed by atoms with Crippen molar-refractivity contribution >= 4 is 23.9 Å². The maximum Gasteiger partial charge on any atom is 0.306 e. The van der Waals surface area contributed by atoms with Crippen LogP contribution < -0.4 is 0 Å². The molecule has 0 heterocycles. The van der Waals surface area contributed by atoms with Crippen LogP contribution >= 0.6 is 0 Å². The Hall–Kier alpha value is -2.12. The number of esters is 4. The van der Waals surface area contributed by atoms with Gasteiger partial charge in [-0.3, -0.25) is 19.2 Å². The first-order chi connectivity index (χ1) is 21.7. The van der Waals surface area contributed by atoms with E-state index in [2.05, 4.69) is 20.8 Å². The lowest BCUT2D eigenvalue weighted by Gasteiger charge is -2.31. The second kappa shape index (κ2) is 29.3. The van der Waals surface area contributed by atoms with Crippen LogP contribution in [0, 0.1) is 11.3 Å². The number of carbonyl (C=O) groups is 4. The van der Waals surface area contributed by atoms with E-state index in [0.717, 1.165) is 77.0 Å². The summed E-state index contributed by atoms with van der Waals surface area (Å²) >= 11 is 0. The highest BCUT2D eigenvalue weighted by Gasteiger charge is 2.38. The van der Waals surface area contributed by atoms with Crippen molar-refractivity contribution in [1.82, 2.24) is 0 Å². The van der Waals surface area contributed by atoms with E-state index in [1.807, 2.05) is 13.8 Å². The van der Waals surface area contributed by atoms with E-state index in [0.29, 0.717) is 0 Å². The van der Waals surface area contributed by atoms with Crippen molar-refractivity contribution in [2.75, 3.05) is 26.4 Å². The molecule has 0 aliphatic heterocycles. The maximum absolute atomic E-state index is 12.7. The molecule has 264 valence electrons. The van der Waals surface area contributed by atoms with Crippen LogP contribution in [0.15, 0.2) is 0 Å². The summed E-state index contributed by atoms with van der Waals surface area (Å²) in [6.45, 7) is 9.60. The minimum atomic E-state index is -1.18. The van der Waals surface area contributed by atoms with Crippen molar-refractivity contribution in [2.24, 2.45) is 11.3 Å². The number of rotatable bonds is 31. The number of carbonyl (C=O) groups excluding carboxylic acids is 4. The van der Waals surface area contributed by atoms with E-state index < -0.39 is 11.4 Å². The van der Waals surface area contributed by atoms with Crippen molar-refractivity contribution in [3.63, 3.8) is 0 Å². The van der Waals surface area contributed by atoms with E-state index >= 15 is 0 Å². The first kappa shape index (κ1) is 42.9. The molecule has 0 aromatic heterocycles. The molecular weight excluding hydrogens is 572 g/mol. The molecular formula is C37H68O8. The molecule has 0 radical (unpaired) electrons. The molecule has 0 N–H and O–H groups in total. The van der Waals surface area contributed by atoms with Crippen molar-refractivity contribution in [3.05, 3.63) is 0 Å². The quantitative estimate of drug-likeness (QED) is 0.0419. The topological polar surface area (TPSA) is 105 Å². The lowest BCUT2D eigenvalue weighted by molar-refractivity contribution is -0.171. The van der Waals surface area contributed by atoms with Crippen LogP contribution in [-0.2, 0) is 38.1 Å². The van der Waals surface area contributed by atoms with Crippen LogP contribution in [0.1, 0.15) is 176 Å². The van der Waals surface area contributed by atoms with Gasteiger partial charge in [0.25, 0.3) is 0 Å². The molecule has 8 heteroatoms. The van der Waals surface area contributed by atoms with Crippen LogP contribution in [0.3, 0.4) is 0 Å². The Kier molecular flexibility index (Phi) is 27.9. The predicted octanol–water partition coefficient (Wildman–Crippen LogP) is 9.44. The minimum Gasteiger partial charge on any atom is -0.465 e. The Bertz CT molecular complexity index is 766. The Morgan fingerprint density at radius 2 is 0.689 bits per heavy atom. The van der Waals surface area contributed by atoms with E-state index in [-0.39, 0.29) is 75.9 Å².